The molecule has 3 rings (SSSR count). The summed E-state index contributed by atoms with van der Waals surface area (Å²) in [5.74, 6) is 0. The standard InChI is InChI=1S/C19H15IS/c21-19-13-7-5-9-16(19)14-15-8-4-6-12-18(15)20-17-10-2-1-3-11-17/h1-13H,14H2/p+1. The molecule has 0 atom stereocenters. The highest BCUT2D eigenvalue weighted by Crippen LogP contribution is 2.17. The van der Waals surface area contributed by atoms with Gasteiger partial charge < -0.3 is 0 Å². The fraction of sp³-hybridized carbons (Fsp3) is 0.0526. The van der Waals surface area contributed by atoms with Crippen LogP contribution in [0.5, 0.6) is 0 Å². The Kier molecular flexibility index (Phi) is 4.99. The van der Waals surface area contributed by atoms with E-state index in [4.69, 9.17) is 0 Å². The molecule has 0 aliphatic rings. The van der Waals surface area contributed by atoms with Crippen molar-refractivity contribution in [2.75, 3.05) is 0 Å². The summed E-state index contributed by atoms with van der Waals surface area (Å²) in [5.41, 5.74) is 2.72. The van der Waals surface area contributed by atoms with Crippen LogP contribution >= 0.6 is 12.6 Å². The first-order valence-corrected chi connectivity index (χ1v) is 9.48. The number of rotatable bonds is 4. The van der Waals surface area contributed by atoms with Crippen molar-refractivity contribution in [3.63, 3.8) is 0 Å². The van der Waals surface area contributed by atoms with Crippen LogP contribution in [0.15, 0.2) is 83.8 Å². The van der Waals surface area contributed by atoms with E-state index in [2.05, 4.69) is 85.4 Å². The van der Waals surface area contributed by atoms with E-state index >= 15 is 0 Å². The van der Waals surface area contributed by atoms with Crippen LogP contribution in [-0.2, 0) is 6.42 Å². The minimum absolute atomic E-state index is 0.126. The second-order valence-corrected chi connectivity index (χ2v) is 8.22. The summed E-state index contributed by atoms with van der Waals surface area (Å²) in [4.78, 5) is 1.07. The molecule has 3 aromatic carbocycles. The van der Waals surface area contributed by atoms with Crippen molar-refractivity contribution in [2.45, 2.75) is 11.3 Å². The Bertz CT molecular complexity index is 722. The van der Waals surface area contributed by atoms with E-state index in [0.717, 1.165) is 11.3 Å². The quantitative estimate of drug-likeness (QED) is 0.498. The third kappa shape index (κ3) is 3.89. The molecule has 0 aliphatic heterocycles. The lowest BCUT2D eigenvalue weighted by Crippen LogP contribution is -3.61. The molecule has 0 saturated heterocycles. The first-order chi connectivity index (χ1) is 10.3. The summed E-state index contributed by atoms with van der Waals surface area (Å²) < 4.78 is 2.96. The topological polar surface area (TPSA) is 0 Å². The lowest BCUT2D eigenvalue weighted by Gasteiger charge is -2.05. The number of benzene rings is 3. The fourth-order valence-electron chi connectivity index (χ4n) is 2.19. The zero-order chi connectivity index (χ0) is 14.5. The largest absolute Gasteiger partial charge is 0.358 e. The molecular weight excluding hydrogens is 387 g/mol. The summed E-state index contributed by atoms with van der Waals surface area (Å²) in [7, 11) is 0. The first-order valence-electron chi connectivity index (χ1n) is 6.87. The van der Waals surface area contributed by atoms with E-state index in [1.54, 1.807) is 0 Å². The maximum absolute atomic E-state index is 4.57. The number of hydrogen-bond donors (Lipinski definition) is 1. The Morgan fingerprint density at radius 1 is 0.667 bits per heavy atom. The zero-order valence-electron chi connectivity index (χ0n) is 11.5. The van der Waals surface area contributed by atoms with Crippen molar-refractivity contribution in [3.05, 3.63) is 97.1 Å². The van der Waals surface area contributed by atoms with Gasteiger partial charge in [-0.2, -0.15) is 0 Å². The number of hydrogen-bond acceptors (Lipinski definition) is 1. The van der Waals surface area contributed by atoms with Crippen molar-refractivity contribution < 1.29 is 21.2 Å². The predicted octanol–water partition coefficient (Wildman–Crippen LogP) is 1.69. The number of thiol groups is 1. The summed E-state index contributed by atoms with van der Waals surface area (Å²) in [6.07, 6.45) is 0.961. The third-order valence-electron chi connectivity index (χ3n) is 3.27. The van der Waals surface area contributed by atoms with Crippen molar-refractivity contribution >= 4 is 12.6 Å². The molecule has 0 saturated carbocycles. The maximum Gasteiger partial charge on any atom is 0.358 e. The van der Waals surface area contributed by atoms with Gasteiger partial charge in [-0.25, -0.2) is 0 Å². The normalized spacial score (nSPS) is 10.5. The van der Waals surface area contributed by atoms with Gasteiger partial charge in [-0.15, -0.1) is 12.6 Å². The van der Waals surface area contributed by atoms with Crippen LogP contribution in [0, 0.1) is 7.14 Å². The fourth-order valence-corrected chi connectivity index (χ4v) is 4.98. The summed E-state index contributed by atoms with van der Waals surface area (Å²) in [5, 5.41) is 0. The van der Waals surface area contributed by atoms with Crippen LogP contribution in [-0.4, -0.2) is 0 Å². The van der Waals surface area contributed by atoms with Gasteiger partial charge in [0.15, 0.2) is 7.14 Å². The molecular formula is C19H16IS+. The summed E-state index contributed by atoms with van der Waals surface area (Å²) in [6.45, 7) is 0. The van der Waals surface area contributed by atoms with E-state index in [-0.39, 0.29) is 21.2 Å². The average molecular weight is 403 g/mol. The highest BCUT2D eigenvalue weighted by Gasteiger charge is 2.19. The molecule has 0 aliphatic carbocycles. The molecule has 0 N–H and O–H groups in total. The molecule has 2 heteroatoms. The Morgan fingerprint density at radius 2 is 1.29 bits per heavy atom. The SMILES string of the molecule is Sc1ccccc1Cc1ccccc1[I+]c1ccccc1. The molecule has 3 aromatic rings. The van der Waals surface area contributed by atoms with E-state index in [0.29, 0.717) is 0 Å². The van der Waals surface area contributed by atoms with Gasteiger partial charge in [-0.05, 0) is 29.8 Å². The van der Waals surface area contributed by atoms with E-state index < -0.39 is 0 Å². The average Bonchev–Trinajstić information content (AvgIpc) is 2.52. The van der Waals surface area contributed by atoms with Crippen LogP contribution in [0.3, 0.4) is 0 Å². The van der Waals surface area contributed by atoms with Crippen LogP contribution in [0.1, 0.15) is 11.1 Å². The molecule has 0 unspecified atom stereocenters. The van der Waals surface area contributed by atoms with Crippen molar-refractivity contribution in [1.29, 1.82) is 0 Å². The molecule has 104 valence electrons. The number of halogens is 1. The molecule has 0 fully saturated rings. The van der Waals surface area contributed by atoms with Gasteiger partial charge in [-0.1, -0.05) is 54.6 Å². The highest BCUT2D eigenvalue weighted by atomic mass is 127. The Hall–Kier alpha value is -1.26. The maximum atomic E-state index is 4.57. The van der Waals surface area contributed by atoms with Crippen molar-refractivity contribution in [2.24, 2.45) is 0 Å². The van der Waals surface area contributed by atoms with Gasteiger partial charge in [0, 0.05) is 16.9 Å². The van der Waals surface area contributed by atoms with Crippen molar-refractivity contribution in [1.82, 2.24) is 0 Å². The van der Waals surface area contributed by atoms with E-state index in [9.17, 15) is 0 Å². The van der Waals surface area contributed by atoms with Gasteiger partial charge in [-0.3, -0.25) is 0 Å². The van der Waals surface area contributed by atoms with Crippen LogP contribution in [0.2, 0.25) is 0 Å². The molecule has 0 bridgehead atoms. The lowest BCUT2D eigenvalue weighted by molar-refractivity contribution is -0.598. The monoisotopic (exact) mass is 403 g/mol. The Morgan fingerprint density at radius 3 is 2.05 bits per heavy atom. The van der Waals surface area contributed by atoms with Gasteiger partial charge >= 0.3 is 21.2 Å². The first kappa shape index (κ1) is 14.7. The minimum Gasteiger partial charge on any atom is -0.143 e. The van der Waals surface area contributed by atoms with Gasteiger partial charge in [0.25, 0.3) is 0 Å². The van der Waals surface area contributed by atoms with Crippen LogP contribution in [0.25, 0.3) is 0 Å². The highest BCUT2D eigenvalue weighted by molar-refractivity contribution is 7.80. The zero-order valence-corrected chi connectivity index (χ0v) is 14.6. The second-order valence-electron chi connectivity index (χ2n) is 4.79. The molecule has 0 nitrogen and oxygen atoms in total. The van der Waals surface area contributed by atoms with Gasteiger partial charge in [0.1, 0.15) is 0 Å². The second kappa shape index (κ2) is 7.14. The molecule has 0 aromatic heterocycles. The summed E-state index contributed by atoms with van der Waals surface area (Å²) in [6, 6.07) is 28.0. The van der Waals surface area contributed by atoms with Crippen LogP contribution < -0.4 is 21.2 Å². The predicted molar refractivity (Wildman–Crippen MR) is 86.8 cm³/mol. The van der Waals surface area contributed by atoms with E-state index in [1.807, 2.05) is 6.07 Å². The Balaban J connectivity index is 1.88. The third-order valence-corrected chi connectivity index (χ3v) is 6.69. The van der Waals surface area contributed by atoms with Gasteiger partial charge in [0.05, 0.1) is 0 Å². The Labute approximate surface area is 141 Å². The molecule has 0 amide bonds. The molecule has 0 heterocycles. The molecule has 21 heavy (non-hydrogen) atoms. The minimum atomic E-state index is -0.126. The molecule has 0 radical (unpaired) electrons. The summed E-state index contributed by atoms with van der Waals surface area (Å²) >= 11 is 4.44. The molecule has 0 spiro atoms. The van der Waals surface area contributed by atoms with Crippen molar-refractivity contribution in [3.8, 4) is 0 Å². The van der Waals surface area contributed by atoms with Crippen LogP contribution in [0.4, 0.5) is 0 Å². The smallest absolute Gasteiger partial charge is 0.143 e. The van der Waals surface area contributed by atoms with Gasteiger partial charge in [0.2, 0.25) is 0 Å². The lowest BCUT2D eigenvalue weighted by atomic mass is 10.1. The van der Waals surface area contributed by atoms with E-state index in [1.165, 1.54) is 18.3 Å².